The summed E-state index contributed by atoms with van der Waals surface area (Å²) in [5, 5.41) is 9.16. The lowest BCUT2D eigenvalue weighted by Gasteiger charge is -2.59. The molecule has 0 radical (unpaired) electrons. The minimum absolute atomic E-state index is 0.0961. The molecule has 0 unspecified atom stereocenters. The number of Topliss-reactive ketones (excluding diaryl/α,β-unsaturated/α-hetero) is 1. The van der Waals surface area contributed by atoms with Gasteiger partial charge >= 0.3 is 5.97 Å². The molecule has 0 amide bonds. The minimum Gasteiger partial charge on any atom is -0.481 e. The summed E-state index contributed by atoms with van der Waals surface area (Å²) in [7, 11) is 0. The van der Waals surface area contributed by atoms with Crippen LogP contribution in [0.2, 0.25) is 0 Å². The first-order valence-corrected chi connectivity index (χ1v) is 12.0. The van der Waals surface area contributed by atoms with E-state index in [4.69, 9.17) is 5.11 Å². The highest BCUT2D eigenvalue weighted by Crippen LogP contribution is 2.71. The van der Waals surface area contributed by atoms with Gasteiger partial charge in [0.25, 0.3) is 0 Å². The number of hydrogen-bond acceptors (Lipinski definition) is 2. The van der Waals surface area contributed by atoms with Crippen molar-refractivity contribution in [2.24, 2.45) is 39.4 Å². The molecular weight excluding hydrogens is 372 g/mol. The maximum absolute atomic E-state index is 12.7. The molecule has 0 saturated heterocycles. The molecule has 4 aliphatic rings. The van der Waals surface area contributed by atoms with Crippen LogP contribution < -0.4 is 0 Å². The van der Waals surface area contributed by atoms with Crippen LogP contribution in [0.5, 0.6) is 0 Å². The highest BCUT2D eigenvalue weighted by molar-refractivity contribution is 5.86. The summed E-state index contributed by atoms with van der Waals surface area (Å²) in [6.45, 7) is 14.0. The van der Waals surface area contributed by atoms with Gasteiger partial charge in [-0.05, 0) is 83.7 Å². The number of carbonyl (C=O) groups excluding carboxylic acids is 1. The Balaban J connectivity index is 1.70. The first kappa shape index (κ1) is 21.8. The molecule has 30 heavy (non-hydrogen) atoms. The Bertz CT molecular complexity index is 833. The Kier molecular flexibility index (Phi) is 4.96. The van der Waals surface area contributed by atoms with Crippen molar-refractivity contribution in [3.8, 4) is 0 Å². The Labute approximate surface area is 182 Å². The summed E-state index contributed by atoms with van der Waals surface area (Å²) >= 11 is 0. The maximum atomic E-state index is 12.7. The van der Waals surface area contributed by atoms with E-state index in [1.165, 1.54) is 18.4 Å². The molecule has 2 saturated carbocycles. The third-order valence-corrected chi connectivity index (χ3v) is 10.6. The van der Waals surface area contributed by atoms with E-state index in [1.807, 2.05) is 0 Å². The van der Waals surface area contributed by atoms with Crippen LogP contribution in [0.3, 0.4) is 0 Å². The van der Waals surface area contributed by atoms with Crippen LogP contribution in [-0.2, 0) is 9.59 Å². The average molecular weight is 413 g/mol. The van der Waals surface area contributed by atoms with E-state index >= 15 is 0 Å². The van der Waals surface area contributed by atoms with Crippen LogP contribution in [0, 0.1) is 39.4 Å². The fourth-order valence-electron chi connectivity index (χ4n) is 8.31. The van der Waals surface area contributed by atoms with Crippen LogP contribution >= 0.6 is 0 Å². The van der Waals surface area contributed by atoms with Crippen LogP contribution in [0.25, 0.3) is 0 Å². The van der Waals surface area contributed by atoms with E-state index in [2.05, 4.69) is 53.7 Å². The first-order chi connectivity index (χ1) is 13.9. The monoisotopic (exact) mass is 412 g/mol. The summed E-state index contributed by atoms with van der Waals surface area (Å²) < 4.78 is 0. The third-order valence-electron chi connectivity index (χ3n) is 10.6. The quantitative estimate of drug-likeness (QED) is 0.567. The Morgan fingerprint density at radius 1 is 1.13 bits per heavy atom. The van der Waals surface area contributed by atoms with Gasteiger partial charge < -0.3 is 5.11 Å². The smallest absolute Gasteiger partial charge is 0.303 e. The second kappa shape index (κ2) is 6.81. The van der Waals surface area contributed by atoms with Gasteiger partial charge in [-0.1, -0.05) is 53.7 Å². The van der Waals surface area contributed by atoms with Crippen molar-refractivity contribution in [3.05, 3.63) is 23.3 Å². The zero-order chi connectivity index (χ0) is 22.1. The standard InChI is InChI=1S/C27H40O3/c1-17(7-10-23(29)30)18-11-15-27(6)20-8-9-21-24(2,3)22(28)13-14-25(21,4)19(20)12-16-26(18,27)5/h8,12,17-18,21H,7,9-11,13-16H2,1-6H3,(H,29,30)/t17-,18-,21+,25-,26-,27+/m1/s1. The van der Waals surface area contributed by atoms with E-state index < -0.39 is 5.97 Å². The predicted octanol–water partition coefficient (Wildman–Crippen LogP) is 6.58. The number of fused-ring (bicyclic) bond motifs is 5. The maximum Gasteiger partial charge on any atom is 0.303 e. The van der Waals surface area contributed by atoms with Gasteiger partial charge in [0.2, 0.25) is 0 Å². The van der Waals surface area contributed by atoms with Crippen molar-refractivity contribution >= 4 is 11.8 Å². The van der Waals surface area contributed by atoms with E-state index in [1.54, 1.807) is 5.57 Å². The number of allylic oxidation sites excluding steroid dienone is 4. The van der Waals surface area contributed by atoms with Crippen molar-refractivity contribution in [2.45, 2.75) is 92.9 Å². The van der Waals surface area contributed by atoms with Crippen molar-refractivity contribution in [1.29, 1.82) is 0 Å². The van der Waals surface area contributed by atoms with Gasteiger partial charge in [-0.2, -0.15) is 0 Å². The molecule has 0 heterocycles. The summed E-state index contributed by atoms with van der Waals surface area (Å²) in [6, 6.07) is 0. The van der Waals surface area contributed by atoms with Gasteiger partial charge in [0.05, 0.1) is 0 Å². The lowest BCUT2D eigenvalue weighted by atomic mass is 9.44. The van der Waals surface area contributed by atoms with Crippen molar-refractivity contribution in [1.82, 2.24) is 0 Å². The van der Waals surface area contributed by atoms with Crippen molar-refractivity contribution in [3.63, 3.8) is 0 Å². The molecular formula is C27H40O3. The van der Waals surface area contributed by atoms with Crippen molar-refractivity contribution in [2.75, 3.05) is 0 Å². The second-order valence-corrected chi connectivity index (χ2v) is 12.1. The zero-order valence-corrected chi connectivity index (χ0v) is 19.8. The number of carboxylic acids is 1. The van der Waals surface area contributed by atoms with Crippen LogP contribution in [-0.4, -0.2) is 16.9 Å². The van der Waals surface area contributed by atoms with Gasteiger partial charge in [0.1, 0.15) is 5.78 Å². The first-order valence-electron chi connectivity index (χ1n) is 12.0. The molecule has 0 aromatic rings. The fraction of sp³-hybridized carbons (Fsp3) is 0.778. The number of hydrogen-bond donors (Lipinski definition) is 1. The molecule has 6 atom stereocenters. The third kappa shape index (κ3) is 2.76. The zero-order valence-electron chi connectivity index (χ0n) is 19.8. The highest BCUT2D eigenvalue weighted by atomic mass is 16.4. The SMILES string of the molecule is C[C@H](CCC(=O)O)[C@H]1CC[C@@]2(C)C3=CC[C@H]4C(C)(C)C(=O)CC[C@]4(C)C3=CC[C@]12C. The van der Waals surface area contributed by atoms with E-state index in [0.29, 0.717) is 30.0 Å². The van der Waals surface area contributed by atoms with Crippen molar-refractivity contribution < 1.29 is 14.7 Å². The Hall–Kier alpha value is -1.38. The number of aliphatic carboxylic acids is 1. The van der Waals surface area contributed by atoms with Crippen LogP contribution in [0.1, 0.15) is 92.9 Å². The highest BCUT2D eigenvalue weighted by Gasteiger charge is 2.63. The van der Waals surface area contributed by atoms with Gasteiger partial charge in [0.15, 0.2) is 0 Å². The molecule has 0 aromatic carbocycles. The Morgan fingerprint density at radius 2 is 1.83 bits per heavy atom. The largest absolute Gasteiger partial charge is 0.481 e. The predicted molar refractivity (Wildman–Crippen MR) is 120 cm³/mol. The summed E-state index contributed by atoms with van der Waals surface area (Å²) in [6.07, 6.45) is 12.2. The van der Waals surface area contributed by atoms with E-state index in [0.717, 1.165) is 25.7 Å². The van der Waals surface area contributed by atoms with E-state index in [-0.39, 0.29) is 28.1 Å². The molecule has 0 aliphatic heterocycles. The van der Waals surface area contributed by atoms with Crippen LogP contribution in [0.15, 0.2) is 23.3 Å². The Morgan fingerprint density at radius 3 is 2.50 bits per heavy atom. The molecule has 2 fully saturated rings. The molecule has 1 N–H and O–H groups in total. The number of rotatable bonds is 4. The second-order valence-electron chi connectivity index (χ2n) is 12.1. The molecule has 0 bridgehead atoms. The summed E-state index contributed by atoms with van der Waals surface area (Å²) in [5.41, 5.74) is 3.29. The number of ketones is 1. The van der Waals surface area contributed by atoms with Crippen LogP contribution in [0.4, 0.5) is 0 Å². The minimum atomic E-state index is -0.679. The lowest BCUT2D eigenvalue weighted by Crippen LogP contribution is -2.53. The molecule has 0 aromatic heterocycles. The number of carbonyl (C=O) groups is 2. The van der Waals surface area contributed by atoms with Gasteiger partial charge in [-0.15, -0.1) is 0 Å². The summed E-state index contributed by atoms with van der Waals surface area (Å²) in [4.78, 5) is 23.8. The average Bonchev–Trinajstić information content (AvgIpc) is 2.95. The number of carboxylic acid groups (broad SMARTS) is 1. The molecule has 3 heteroatoms. The van der Waals surface area contributed by atoms with Gasteiger partial charge in [0, 0.05) is 18.3 Å². The van der Waals surface area contributed by atoms with E-state index in [9.17, 15) is 9.59 Å². The molecule has 0 spiro atoms. The van der Waals surface area contributed by atoms with Gasteiger partial charge in [-0.3, -0.25) is 9.59 Å². The summed E-state index contributed by atoms with van der Waals surface area (Å²) in [5.74, 6) is 1.14. The molecule has 4 rings (SSSR count). The van der Waals surface area contributed by atoms with Gasteiger partial charge in [-0.25, -0.2) is 0 Å². The fourth-order valence-corrected chi connectivity index (χ4v) is 8.31. The topological polar surface area (TPSA) is 54.4 Å². The molecule has 4 aliphatic carbocycles. The molecule has 166 valence electrons. The lowest BCUT2D eigenvalue weighted by molar-refractivity contribution is -0.138. The molecule has 3 nitrogen and oxygen atoms in total. The normalized spacial score (nSPS) is 43.1.